The molecule has 0 saturated heterocycles. The second-order valence-electron chi connectivity index (χ2n) is 2.54. The van der Waals surface area contributed by atoms with Gasteiger partial charge in [-0.05, 0) is 19.1 Å². The number of carbonyl (C=O) groups is 1. The Morgan fingerprint density at radius 3 is 2.62 bits per heavy atom. The van der Waals surface area contributed by atoms with E-state index in [-0.39, 0.29) is 6.03 Å². The maximum Gasteiger partial charge on any atom is 0.336 e. The minimum atomic E-state index is -0.297. The lowest BCUT2D eigenvalue weighted by Crippen LogP contribution is -2.44. The average molecular weight is 179 g/mol. The standard InChI is InChI=1S/C9H13N3O/c1-2-11-9(13)12(10)8-6-4-3-5-7-8/h3-7H,2,10H2,1H3,(H,11,13). The van der Waals surface area contributed by atoms with Gasteiger partial charge in [-0.25, -0.2) is 15.6 Å². The Labute approximate surface area is 77.3 Å². The summed E-state index contributed by atoms with van der Waals surface area (Å²) >= 11 is 0. The average Bonchev–Trinajstić information content (AvgIpc) is 2.18. The Morgan fingerprint density at radius 2 is 2.08 bits per heavy atom. The van der Waals surface area contributed by atoms with Gasteiger partial charge in [0.2, 0.25) is 0 Å². The van der Waals surface area contributed by atoms with Gasteiger partial charge in [-0.1, -0.05) is 18.2 Å². The van der Waals surface area contributed by atoms with Gasteiger partial charge < -0.3 is 5.32 Å². The molecule has 70 valence electrons. The summed E-state index contributed by atoms with van der Waals surface area (Å²) in [5.41, 5.74) is 0.674. The Kier molecular flexibility index (Phi) is 3.28. The highest BCUT2D eigenvalue weighted by Gasteiger charge is 2.08. The molecule has 0 unspecified atom stereocenters. The molecule has 0 aromatic heterocycles. The highest BCUT2D eigenvalue weighted by atomic mass is 16.2. The molecule has 0 saturated carbocycles. The van der Waals surface area contributed by atoms with Crippen LogP contribution in [0.5, 0.6) is 0 Å². The molecule has 4 nitrogen and oxygen atoms in total. The van der Waals surface area contributed by atoms with Gasteiger partial charge >= 0.3 is 6.03 Å². The minimum Gasteiger partial charge on any atom is -0.337 e. The van der Waals surface area contributed by atoms with E-state index in [0.29, 0.717) is 12.2 Å². The van der Waals surface area contributed by atoms with E-state index in [0.717, 1.165) is 5.01 Å². The number of nitrogens with zero attached hydrogens (tertiary/aromatic N) is 1. The molecule has 0 aliphatic rings. The van der Waals surface area contributed by atoms with Crippen molar-refractivity contribution in [1.29, 1.82) is 0 Å². The fourth-order valence-electron chi connectivity index (χ4n) is 0.942. The number of anilines is 1. The minimum absolute atomic E-state index is 0.297. The predicted molar refractivity (Wildman–Crippen MR) is 52.2 cm³/mol. The van der Waals surface area contributed by atoms with Gasteiger partial charge in [0.15, 0.2) is 0 Å². The summed E-state index contributed by atoms with van der Waals surface area (Å²) in [5, 5.41) is 3.69. The quantitative estimate of drug-likeness (QED) is 0.405. The van der Waals surface area contributed by atoms with E-state index in [1.807, 2.05) is 25.1 Å². The van der Waals surface area contributed by atoms with Gasteiger partial charge in [0.05, 0.1) is 5.69 Å². The first-order chi connectivity index (χ1) is 6.25. The third-order valence-electron chi connectivity index (χ3n) is 1.58. The molecular weight excluding hydrogens is 166 g/mol. The van der Waals surface area contributed by atoms with Crippen LogP contribution < -0.4 is 16.2 Å². The first-order valence-corrected chi connectivity index (χ1v) is 4.13. The predicted octanol–water partition coefficient (Wildman–Crippen LogP) is 1.10. The number of para-hydroxylation sites is 1. The van der Waals surface area contributed by atoms with Crippen LogP contribution in [0.25, 0.3) is 0 Å². The molecule has 0 aliphatic carbocycles. The molecular formula is C9H13N3O. The zero-order valence-corrected chi connectivity index (χ0v) is 7.53. The smallest absolute Gasteiger partial charge is 0.336 e. The molecule has 0 bridgehead atoms. The highest BCUT2D eigenvalue weighted by Crippen LogP contribution is 2.08. The van der Waals surface area contributed by atoms with Crippen LogP contribution in [0.1, 0.15) is 6.92 Å². The van der Waals surface area contributed by atoms with E-state index in [4.69, 9.17) is 5.84 Å². The van der Waals surface area contributed by atoms with Crippen molar-refractivity contribution >= 4 is 11.7 Å². The SMILES string of the molecule is CCNC(=O)N(N)c1ccccc1. The highest BCUT2D eigenvalue weighted by molar-refractivity contribution is 5.90. The zero-order valence-electron chi connectivity index (χ0n) is 7.53. The van der Waals surface area contributed by atoms with Crippen molar-refractivity contribution in [3.8, 4) is 0 Å². The van der Waals surface area contributed by atoms with Crippen LogP contribution in [-0.4, -0.2) is 12.6 Å². The van der Waals surface area contributed by atoms with Crippen molar-refractivity contribution in [3.63, 3.8) is 0 Å². The number of carbonyl (C=O) groups excluding carboxylic acids is 1. The maximum absolute atomic E-state index is 11.2. The summed E-state index contributed by atoms with van der Waals surface area (Å²) in [6, 6.07) is 8.77. The topological polar surface area (TPSA) is 58.4 Å². The molecule has 0 heterocycles. The molecule has 4 heteroatoms. The zero-order chi connectivity index (χ0) is 9.68. The van der Waals surface area contributed by atoms with Crippen molar-refractivity contribution in [2.45, 2.75) is 6.92 Å². The van der Waals surface area contributed by atoms with Crippen molar-refractivity contribution in [1.82, 2.24) is 5.32 Å². The normalized spacial score (nSPS) is 9.38. The number of hydrogen-bond donors (Lipinski definition) is 2. The van der Waals surface area contributed by atoms with E-state index >= 15 is 0 Å². The summed E-state index contributed by atoms with van der Waals surface area (Å²) in [6.45, 7) is 2.41. The Morgan fingerprint density at radius 1 is 1.46 bits per heavy atom. The Balaban J connectivity index is 2.68. The molecule has 0 radical (unpaired) electrons. The van der Waals surface area contributed by atoms with Crippen LogP contribution in [0.4, 0.5) is 10.5 Å². The lowest BCUT2D eigenvalue weighted by Gasteiger charge is -2.16. The number of amides is 2. The van der Waals surface area contributed by atoms with E-state index in [2.05, 4.69) is 5.32 Å². The molecule has 1 aromatic carbocycles. The van der Waals surface area contributed by atoms with E-state index in [1.165, 1.54) is 0 Å². The fourth-order valence-corrected chi connectivity index (χ4v) is 0.942. The summed E-state index contributed by atoms with van der Waals surface area (Å²) in [6.07, 6.45) is 0. The van der Waals surface area contributed by atoms with E-state index in [1.54, 1.807) is 12.1 Å². The molecule has 1 rings (SSSR count). The summed E-state index contributed by atoms with van der Waals surface area (Å²) < 4.78 is 0. The summed E-state index contributed by atoms with van der Waals surface area (Å²) in [5.74, 6) is 5.55. The van der Waals surface area contributed by atoms with Crippen molar-refractivity contribution in [3.05, 3.63) is 30.3 Å². The number of nitrogens with two attached hydrogens (primary N) is 1. The van der Waals surface area contributed by atoms with Crippen LogP contribution >= 0.6 is 0 Å². The van der Waals surface area contributed by atoms with Crippen molar-refractivity contribution in [2.75, 3.05) is 11.6 Å². The first kappa shape index (κ1) is 9.54. The molecule has 0 spiro atoms. The number of benzene rings is 1. The second kappa shape index (κ2) is 4.47. The van der Waals surface area contributed by atoms with Gasteiger partial charge in [0.25, 0.3) is 0 Å². The van der Waals surface area contributed by atoms with Crippen LogP contribution in [0.3, 0.4) is 0 Å². The lowest BCUT2D eigenvalue weighted by atomic mass is 10.3. The lowest BCUT2D eigenvalue weighted by molar-refractivity contribution is 0.247. The molecule has 0 aliphatic heterocycles. The van der Waals surface area contributed by atoms with E-state index in [9.17, 15) is 4.79 Å². The molecule has 0 atom stereocenters. The van der Waals surface area contributed by atoms with Crippen LogP contribution in [0.2, 0.25) is 0 Å². The largest absolute Gasteiger partial charge is 0.337 e. The van der Waals surface area contributed by atoms with Gasteiger partial charge in [-0.3, -0.25) is 0 Å². The summed E-state index contributed by atoms with van der Waals surface area (Å²) in [7, 11) is 0. The number of hydrogen-bond acceptors (Lipinski definition) is 2. The molecule has 13 heavy (non-hydrogen) atoms. The first-order valence-electron chi connectivity index (χ1n) is 4.13. The Bertz CT molecular complexity index is 273. The Hall–Kier alpha value is -1.55. The van der Waals surface area contributed by atoms with Gasteiger partial charge in [-0.15, -0.1) is 0 Å². The van der Waals surface area contributed by atoms with Crippen LogP contribution in [0, 0.1) is 0 Å². The molecule has 1 aromatic rings. The third-order valence-corrected chi connectivity index (χ3v) is 1.58. The van der Waals surface area contributed by atoms with E-state index < -0.39 is 0 Å². The fraction of sp³-hybridized carbons (Fsp3) is 0.222. The second-order valence-corrected chi connectivity index (χ2v) is 2.54. The number of rotatable bonds is 2. The monoisotopic (exact) mass is 179 g/mol. The van der Waals surface area contributed by atoms with Crippen LogP contribution in [-0.2, 0) is 0 Å². The number of urea groups is 1. The van der Waals surface area contributed by atoms with Crippen molar-refractivity contribution in [2.24, 2.45) is 5.84 Å². The molecule has 0 fully saturated rings. The summed E-state index contributed by atoms with van der Waals surface area (Å²) in [4.78, 5) is 11.2. The molecule has 2 amide bonds. The molecule has 3 N–H and O–H groups in total. The van der Waals surface area contributed by atoms with Gasteiger partial charge in [-0.2, -0.15) is 0 Å². The number of nitrogens with one attached hydrogen (secondary N) is 1. The number of hydrazine groups is 1. The maximum atomic E-state index is 11.2. The van der Waals surface area contributed by atoms with Crippen molar-refractivity contribution < 1.29 is 4.79 Å². The van der Waals surface area contributed by atoms with Gasteiger partial charge in [0.1, 0.15) is 0 Å². The van der Waals surface area contributed by atoms with Crippen LogP contribution in [0.15, 0.2) is 30.3 Å². The van der Waals surface area contributed by atoms with Gasteiger partial charge in [0, 0.05) is 6.54 Å². The third kappa shape index (κ3) is 2.45.